The fourth-order valence-electron chi connectivity index (χ4n) is 1.64. The Hall–Kier alpha value is -2.66. The number of hydrogen-bond acceptors (Lipinski definition) is 4. The van der Waals surface area contributed by atoms with Gasteiger partial charge in [-0.1, -0.05) is 18.2 Å². The Balaban J connectivity index is 2.08. The Bertz CT molecular complexity index is 657. The van der Waals surface area contributed by atoms with Crippen molar-refractivity contribution in [3.63, 3.8) is 0 Å². The van der Waals surface area contributed by atoms with Crippen molar-refractivity contribution in [1.82, 2.24) is 4.98 Å². The molecule has 0 saturated heterocycles. The summed E-state index contributed by atoms with van der Waals surface area (Å²) in [6.07, 6.45) is 10.1. The second-order valence-electron chi connectivity index (χ2n) is 4.01. The first kappa shape index (κ1) is 13.8. The van der Waals surface area contributed by atoms with E-state index in [2.05, 4.69) is 4.98 Å². The van der Waals surface area contributed by atoms with Gasteiger partial charge in [0.15, 0.2) is 0 Å². The third-order valence-electron chi connectivity index (χ3n) is 2.61. The summed E-state index contributed by atoms with van der Waals surface area (Å²) in [7, 11) is 0. The summed E-state index contributed by atoms with van der Waals surface area (Å²) in [6.45, 7) is -0.122. The zero-order valence-corrected chi connectivity index (χ0v) is 10.7. The van der Waals surface area contributed by atoms with Crippen LogP contribution in [0.2, 0.25) is 0 Å². The molecule has 0 aliphatic carbocycles. The molecular weight excluding hydrogens is 256 g/mol. The summed E-state index contributed by atoms with van der Waals surface area (Å²) in [5, 5.41) is 8.87. The second kappa shape index (κ2) is 6.49. The minimum absolute atomic E-state index is 0.122. The maximum absolute atomic E-state index is 11.2. The van der Waals surface area contributed by atoms with Gasteiger partial charge in [-0.2, -0.15) is 0 Å². The third kappa shape index (κ3) is 3.43. The van der Waals surface area contributed by atoms with Gasteiger partial charge in [-0.3, -0.25) is 9.78 Å². The summed E-state index contributed by atoms with van der Waals surface area (Å²) < 4.78 is 5.29. The van der Waals surface area contributed by atoms with E-state index < -0.39 is 5.91 Å². The molecule has 2 aromatic heterocycles. The molecule has 0 aromatic carbocycles. The number of furan rings is 1. The van der Waals surface area contributed by atoms with E-state index in [-0.39, 0.29) is 6.61 Å². The first-order valence-corrected chi connectivity index (χ1v) is 5.99. The molecular formula is C15H14N2O3. The van der Waals surface area contributed by atoms with Gasteiger partial charge in [-0.05, 0) is 29.8 Å². The van der Waals surface area contributed by atoms with Crippen LogP contribution in [0.3, 0.4) is 0 Å². The molecule has 0 aliphatic rings. The van der Waals surface area contributed by atoms with Gasteiger partial charge in [0.05, 0.1) is 5.56 Å². The maximum atomic E-state index is 11.2. The van der Waals surface area contributed by atoms with E-state index in [1.54, 1.807) is 48.7 Å². The van der Waals surface area contributed by atoms with Crippen LogP contribution in [-0.4, -0.2) is 16.0 Å². The topological polar surface area (TPSA) is 89.4 Å². The lowest BCUT2D eigenvalue weighted by Gasteiger charge is -1.98. The highest BCUT2D eigenvalue weighted by molar-refractivity contribution is 5.96. The van der Waals surface area contributed by atoms with Crippen molar-refractivity contribution in [3.05, 3.63) is 65.4 Å². The highest BCUT2D eigenvalue weighted by Gasteiger charge is 2.04. The summed E-state index contributed by atoms with van der Waals surface area (Å²) in [5.41, 5.74) is 6.33. The van der Waals surface area contributed by atoms with E-state index in [0.29, 0.717) is 22.6 Å². The van der Waals surface area contributed by atoms with E-state index in [1.807, 2.05) is 0 Å². The van der Waals surface area contributed by atoms with E-state index >= 15 is 0 Å². The molecule has 0 aliphatic heterocycles. The van der Waals surface area contributed by atoms with Crippen LogP contribution in [0.1, 0.15) is 27.4 Å². The van der Waals surface area contributed by atoms with Gasteiger partial charge in [0.2, 0.25) is 0 Å². The lowest BCUT2D eigenvalue weighted by Crippen LogP contribution is -2.12. The van der Waals surface area contributed by atoms with Crippen molar-refractivity contribution in [2.24, 2.45) is 5.73 Å². The van der Waals surface area contributed by atoms with Crippen molar-refractivity contribution in [1.29, 1.82) is 0 Å². The van der Waals surface area contributed by atoms with Crippen molar-refractivity contribution in [2.45, 2.75) is 6.61 Å². The lowest BCUT2D eigenvalue weighted by atomic mass is 10.1. The third-order valence-corrected chi connectivity index (χ3v) is 2.61. The number of carbonyl (C=O) groups excluding carboxylic acids is 1. The van der Waals surface area contributed by atoms with Gasteiger partial charge in [0.1, 0.15) is 18.1 Å². The van der Waals surface area contributed by atoms with Crippen LogP contribution < -0.4 is 5.73 Å². The SMILES string of the molecule is NC(=O)c1cnccc1/C=C/C=C/c1ccc(CO)o1. The van der Waals surface area contributed by atoms with Crippen molar-refractivity contribution < 1.29 is 14.3 Å². The number of aromatic nitrogens is 1. The van der Waals surface area contributed by atoms with Crippen LogP contribution in [-0.2, 0) is 6.61 Å². The van der Waals surface area contributed by atoms with Crippen molar-refractivity contribution in [3.8, 4) is 0 Å². The molecule has 5 nitrogen and oxygen atoms in total. The molecule has 0 bridgehead atoms. The largest absolute Gasteiger partial charge is 0.459 e. The molecule has 0 saturated carbocycles. The van der Waals surface area contributed by atoms with Crippen molar-refractivity contribution >= 4 is 18.1 Å². The lowest BCUT2D eigenvalue weighted by molar-refractivity contribution is 0.1000. The number of carbonyl (C=O) groups is 1. The normalized spacial score (nSPS) is 11.4. The smallest absolute Gasteiger partial charge is 0.250 e. The zero-order valence-electron chi connectivity index (χ0n) is 10.7. The fraction of sp³-hybridized carbons (Fsp3) is 0.0667. The van der Waals surface area contributed by atoms with Crippen LogP contribution in [0.4, 0.5) is 0 Å². The molecule has 0 radical (unpaired) electrons. The minimum atomic E-state index is -0.514. The monoisotopic (exact) mass is 270 g/mol. The molecule has 2 rings (SSSR count). The number of primary amides is 1. The molecule has 20 heavy (non-hydrogen) atoms. The van der Waals surface area contributed by atoms with Crippen LogP contribution >= 0.6 is 0 Å². The Kier molecular flexibility index (Phi) is 4.47. The quantitative estimate of drug-likeness (QED) is 0.813. The standard InChI is InChI=1S/C15H14N2O3/c16-15(19)14-9-17-8-7-11(14)3-1-2-4-12-5-6-13(10-18)20-12/h1-9,18H,10H2,(H2,16,19)/b3-1+,4-2+. The molecule has 102 valence electrons. The van der Waals surface area contributed by atoms with Gasteiger partial charge in [-0.15, -0.1) is 0 Å². The molecule has 0 unspecified atom stereocenters. The Morgan fingerprint density at radius 3 is 2.80 bits per heavy atom. The number of aliphatic hydroxyl groups is 1. The molecule has 0 fully saturated rings. The number of pyridine rings is 1. The Morgan fingerprint density at radius 2 is 2.10 bits per heavy atom. The maximum Gasteiger partial charge on any atom is 0.250 e. The predicted octanol–water partition coefficient (Wildman–Crippen LogP) is 1.99. The number of rotatable bonds is 5. The van der Waals surface area contributed by atoms with E-state index in [1.165, 1.54) is 6.20 Å². The van der Waals surface area contributed by atoms with Crippen LogP contribution in [0.5, 0.6) is 0 Å². The summed E-state index contributed by atoms with van der Waals surface area (Å²) in [6, 6.07) is 5.18. The van der Waals surface area contributed by atoms with Crippen LogP contribution in [0.15, 0.2) is 47.2 Å². The number of nitrogens with zero attached hydrogens (tertiary/aromatic N) is 1. The number of amides is 1. The Morgan fingerprint density at radius 1 is 1.30 bits per heavy atom. The molecule has 0 spiro atoms. The number of hydrogen-bond donors (Lipinski definition) is 2. The van der Waals surface area contributed by atoms with E-state index in [4.69, 9.17) is 15.3 Å². The zero-order chi connectivity index (χ0) is 14.4. The van der Waals surface area contributed by atoms with Gasteiger partial charge in [-0.25, -0.2) is 0 Å². The van der Waals surface area contributed by atoms with Crippen LogP contribution in [0, 0.1) is 0 Å². The van der Waals surface area contributed by atoms with E-state index in [9.17, 15) is 4.79 Å². The second-order valence-corrected chi connectivity index (χ2v) is 4.01. The minimum Gasteiger partial charge on any atom is -0.459 e. The highest BCUT2D eigenvalue weighted by Crippen LogP contribution is 2.11. The van der Waals surface area contributed by atoms with E-state index in [0.717, 1.165) is 0 Å². The number of allylic oxidation sites excluding steroid dienone is 2. The Labute approximate surface area is 116 Å². The molecule has 2 aromatic rings. The fourth-order valence-corrected chi connectivity index (χ4v) is 1.64. The van der Waals surface area contributed by atoms with Gasteiger partial charge in [0, 0.05) is 12.4 Å². The summed E-state index contributed by atoms with van der Waals surface area (Å²) in [5.74, 6) is 0.641. The van der Waals surface area contributed by atoms with Gasteiger partial charge < -0.3 is 15.3 Å². The molecule has 3 N–H and O–H groups in total. The first-order chi connectivity index (χ1) is 9.70. The van der Waals surface area contributed by atoms with Gasteiger partial charge >= 0.3 is 0 Å². The van der Waals surface area contributed by atoms with Gasteiger partial charge in [0.25, 0.3) is 5.91 Å². The van der Waals surface area contributed by atoms with Crippen molar-refractivity contribution in [2.75, 3.05) is 0 Å². The van der Waals surface area contributed by atoms with Crippen LogP contribution in [0.25, 0.3) is 12.2 Å². The number of aliphatic hydroxyl groups excluding tert-OH is 1. The molecule has 1 amide bonds. The number of nitrogens with two attached hydrogens (primary N) is 1. The average molecular weight is 270 g/mol. The summed E-state index contributed by atoms with van der Waals surface area (Å²) >= 11 is 0. The molecule has 5 heteroatoms. The first-order valence-electron chi connectivity index (χ1n) is 5.99. The predicted molar refractivity (Wildman–Crippen MR) is 75.5 cm³/mol. The summed E-state index contributed by atoms with van der Waals surface area (Å²) in [4.78, 5) is 15.1. The average Bonchev–Trinajstić information content (AvgIpc) is 2.92. The molecule has 2 heterocycles. The molecule has 0 atom stereocenters. The highest BCUT2D eigenvalue weighted by atomic mass is 16.4.